The van der Waals surface area contributed by atoms with Crippen LogP contribution in [0.25, 0.3) is 16.6 Å². The second-order valence-electron chi connectivity index (χ2n) is 7.50. The summed E-state index contributed by atoms with van der Waals surface area (Å²) in [5, 5.41) is 18.8. The Morgan fingerprint density at radius 1 is 1.12 bits per heavy atom. The van der Waals surface area contributed by atoms with Gasteiger partial charge in [0.2, 0.25) is 11.3 Å². The van der Waals surface area contributed by atoms with Crippen molar-refractivity contribution in [2.45, 2.75) is 39.4 Å². The van der Waals surface area contributed by atoms with Crippen LogP contribution in [0.5, 0.6) is 0 Å². The normalized spacial score (nSPS) is 12.1. The average Bonchev–Trinajstić information content (AvgIpc) is 3.09. The molecule has 4 aromatic rings. The molecule has 1 amide bonds. The first-order valence-electron chi connectivity index (χ1n) is 9.66. The van der Waals surface area contributed by atoms with Crippen molar-refractivity contribution in [1.29, 1.82) is 0 Å². The molecule has 0 unspecified atom stereocenters. The Balaban J connectivity index is 1.68. The van der Waals surface area contributed by atoms with Crippen LogP contribution < -0.4 is 10.7 Å². The fourth-order valence-corrected chi connectivity index (χ4v) is 3.29. The third kappa shape index (κ3) is 3.90. The highest BCUT2D eigenvalue weighted by atomic mass is 19.4. The maximum absolute atomic E-state index is 13.1. The van der Waals surface area contributed by atoms with Crippen molar-refractivity contribution in [2.24, 2.45) is 0 Å². The predicted molar refractivity (Wildman–Crippen MR) is 109 cm³/mol. The van der Waals surface area contributed by atoms with E-state index in [0.29, 0.717) is 11.5 Å². The molecule has 0 saturated heterocycles. The number of hydrogen-bond acceptors (Lipinski definition) is 6. The number of alkyl halides is 3. The van der Waals surface area contributed by atoms with E-state index in [1.807, 2.05) is 0 Å². The number of aromatic nitrogens is 6. The summed E-state index contributed by atoms with van der Waals surface area (Å²) in [6.45, 7) is 5.15. The molecular formula is C20H18F3N7O2. The van der Waals surface area contributed by atoms with Gasteiger partial charge < -0.3 is 5.32 Å². The molecule has 0 aliphatic carbocycles. The molecule has 0 bridgehead atoms. The molecule has 3 aromatic heterocycles. The highest BCUT2D eigenvalue weighted by molar-refractivity contribution is 5.91. The Kier molecular flexibility index (Phi) is 5.15. The van der Waals surface area contributed by atoms with Gasteiger partial charge in [-0.1, -0.05) is 0 Å². The van der Waals surface area contributed by atoms with E-state index in [2.05, 4.69) is 25.7 Å². The van der Waals surface area contributed by atoms with Crippen LogP contribution in [0.1, 0.15) is 37.0 Å². The lowest BCUT2D eigenvalue weighted by atomic mass is 10.1. The first-order chi connectivity index (χ1) is 15.0. The molecule has 12 heteroatoms. The van der Waals surface area contributed by atoms with Gasteiger partial charge in [-0.05, 0) is 51.1 Å². The fourth-order valence-electron chi connectivity index (χ4n) is 3.29. The minimum atomic E-state index is -4.55. The fraction of sp³-hybridized carbons (Fsp3) is 0.300. The number of carbonyl (C=O) groups excluding carboxylic acids is 1. The quantitative estimate of drug-likeness (QED) is 0.518. The molecule has 0 aliphatic rings. The summed E-state index contributed by atoms with van der Waals surface area (Å²) in [5.74, 6) is 0.212. The topological polar surface area (TPSA) is 107 Å². The van der Waals surface area contributed by atoms with Crippen molar-refractivity contribution < 1.29 is 18.0 Å². The summed E-state index contributed by atoms with van der Waals surface area (Å²) in [5.41, 5.74) is -0.991. The summed E-state index contributed by atoms with van der Waals surface area (Å²) >= 11 is 0. The second kappa shape index (κ2) is 7.70. The van der Waals surface area contributed by atoms with Gasteiger partial charge >= 0.3 is 6.18 Å². The standard InChI is InChI=1S/C20H18F3N7O2/c1-10(2)29-15-8-12(20(21,22)23)4-5-13(15)19(32)14(27-29)9-18(31)24-16-6-7-17-26-25-11(3)30(17)28-16/h4-8,10H,9H2,1-3H3,(H,24,28,31). The van der Waals surface area contributed by atoms with Gasteiger partial charge in [-0.2, -0.15) is 22.8 Å². The van der Waals surface area contributed by atoms with Crippen LogP contribution in [0.15, 0.2) is 35.1 Å². The van der Waals surface area contributed by atoms with Gasteiger partial charge in [0.25, 0.3) is 0 Å². The Bertz CT molecular complexity index is 1410. The maximum Gasteiger partial charge on any atom is 0.416 e. The van der Waals surface area contributed by atoms with Gasteiger partial charge in [-0.3, -0.25) is 14.3 Å². The van der Waals surface area contributed by atoms with Crippen LogP contribution in [0, 0.1) is 6.92 Å². The molecule has 0 fully saturated rings. The molecule has 3 heterocycles. The zero-order valence-corrected chi connectivity index (χ0v) is 17.3. The van der Waals surface area contributed by atoms with Crippen molar-refractivity contribution in [3.63, 3.8) is 0 Å². The number of nitrogens with zero attached hydrogens (tertiary/aromatic N) is 6. The zero-order chi connectivity index (χ0) is 23.2. The number of carbonyl (C=O) groups is 1. The molecule has 0 radical (unpaired) electrons. The van der Waals surface area contributed by atoms with E-state index in [1.54, 1.807) is 32.9 Å². The first kappa shape index (κ1) is 21.4. The number of nitrogens with one attached hydrogen (secondary N) is 1. The van der Waals surface area contributed by atoms with Crippen LogP contribution in [0.4, 0.5) is 19.0 Å². The van der Waals surface area contributed by atoms with Gasteiger partial charge in [-0.25, -0.2) is 0 Å². The zero-order valence-electron chi connectivity index (χ0n) is 17.3. The molecule has 0 atom stereocenters. The van der Waals surface area contributed by atoms with Crippen LogP contribution in [0.2, 0.25) is 0 Å². The number of rotatable bonds is 4. The number of hydrogen-bond donors (Lipinski definition) is 1. The van der Waals surface area contributed by atoms with E-state index in [0.717, 1.165) is 18.2 Å². The molecule has 32 heavy (non-hydrogen) atoms. The predicted octanol–water partition coefficient (Wildman–Crippen LogP) is 2.92. The number of fused-ring (bicyclic) bond motifs is 2. The van der Waals surface area contributed by atoms with Crippen molar-refractivity contribution in [1.82, 2.24) is 29.6 Å². The first-order valence-corrected chi connectivity index (χ1v) is 9.66. The molecule has 0 aliphatic heterocycles. The number of aryl methyl sites for hydroxylation is 1. The summed E-state index contributed by atoms with van der Waals surface area (Å²) in [7, 11) is 0. The average molecular weight is 445 g/mol. The van der Waals surface area contributed by atoms with Crippen molar-refractivity contribution in [3.05, 3.63) is 57.6 Å². The van der Waals surface area contributed by atoms with Gasteiger partial charge in [0.15, 0.2) is 17.3 Å². The smallest absolute Gasteiger partial charge is 0.309 e. The van der Waals surface area contributed by atoms with E-state index in [-0.39, 0.29) is 34.9 Å². The van der Waals surface area contributed by atoms with Gasteiger partial charge in [0, 0.05) is 11.4 Å². The summed E-state index contributed by atoms with van der Waals surface area (Å²) in [6.07, 6.45) is -4.93. The minimum Gasteiger partial charge on any atom is -0.309 e. The Morgan fingerprint density at radius 2 is 1.88 bits per heavy atom. The molecular weight excluding hydrogens is 427 g/mol. The van der Waals surface area contributed by atoms with Gasteiger partial charge in [-0.15, -0.1) is 15.3 Å². The highest BCUT2D eigenvalue weighted by Gasteiger charge is 2.31. The molecule has 9 nitrogen and oxygen atoms in total. The lowest BCUT2D eigenvalue weighted by molar-refractivity contribution is -0.137. The van der Waals surface area contributed by atoms with E-state index in [4.69, 9.17) is 0 Å². The van der Waals surface area contributed by atoms with Crippen molar-refractivity contribution in [2.75, 3.05) is 5.32 Å². The Labute approximate surface area is 178 Å². The maximum atomic E-state index is 13.1. The van der Waals surface area contributed by atoms with Crippen LogP contribution >= 0.6 is 0 Å². The Hall–Kier alpha value is -3.83. The second-order valence-corrected chi connectivity index (χ2v) is 7.50. The molecule has 166 valence electrons. The molecule has 4 rings (SSSR count). The SMILES string of the molecule is Cc1nnc2ccc(NC(=O)Cc3nn(C(C)C)c4cc(C(F)(F)F)ccc4c3=O)nn12. The lowest BCUT2D eigenvalue weighted by Crippen LogP contribution is -2.26. The van der Waals surface area contributed by atoms with Gasteiger partial charge in [0.1, 0.15) is 5.69 Å². The largest absolute Gasteiger partial charge is 0.416 e. The summed E-state index contributed by atoms with van der Waals surface area (Å²) in [4.78, 5) is 25.4. The number of amides is 1. The Morgan fingerprint density at radius 3 is 2.56 bits per heavy atom. The molecule has 1 aromatic carbocycles. The minimum absolute atomic E-state index is 0.0548. The molecule has 0 spiro atoms. The number of benzene rings is 1. The molecule has 1 N–H and O–H groups in total. The van der Waals surface area contributed by atoms with E-state index in [1.165, 1.54) is 9.20 Å². The highest BCUT2D eigenvalue weighted by Crippen LogP contribution is 2.31. The molecule has 0 saturated carbocycles. The van der Waals surface area contributed by atoms with Crippen LogP contribution in [-0.2, 0) is 17.4 Å². The van der Waals surface area contributed by atoms with Crippen molar-refractivity contribution >= 4 is 28.3 Å². The summed E-state index contributed by atoms with van der Waals surface area (Å²) < 4.78 is 42.2. The lowest BCUT2D eigenvalue weighted by Gasteiger charge is -2.16. The summed E-state index contributed by atoms with van der Waals surface area (Å²) in [6, 6.07) is 5.69. The third-order valence-corrected chi connectivity index (χ3v) is 4.81. The van der Waals surface area contributed by atoms with E-state index >= 15 is 0 Å². The monoisotopic (exact) mass is 445 g/mol. The third-order valence-electron chi connectivity index (χ3n) is 4.81. The van der Waals surface area contributed by atoms with Crippen LogP contribution in [0.3, 0.4) is 0 Å². The number of halogens is 3. The van der Waals surface area contributed by atoms with E-state index < -0.39 is 23.1 Å². The van der Waals surface area contributed by atoms with E-state index in [9.17, 15) is 22.8 Å². The number of anilines is 1. The van der Waals surface area contributed by atoms with Crippen molar-refractivity contribution in [3.8, 4) is 0 Å². The van der Waals surface area contributed by atoms with Gasteiger partial charge in [0.05, 0.1) is 17.5 Å². The van der Waals surface area contributed by atoms with Crippen LogP contribution in [-0.4, -0.2) is 35.5 Å².